The predicted molar refractivity (Wildman–Crippen MR) is 150 cm³/mol. The summed E-state index contributed by atoms with van der Waals surface area (Å²) in [6.45, 7) is 4.36. The van der Waals surface area contributed by atoms with Gasteiger partial charge in [0.15, 0.2) is 6.29 Å². The van der Waals surface area contributed by atoms with Crippen molar-refractivity contribution in [3.05, 3.63) is 12.2 Å². The third-order valence-corrected chi connectivity index (χ3v) is 6.91. The number of hydrogen-bond donors (Lipinski definition) is 4. The number of ether oxygens (including phenoxy) is 4. The maximum atomic E-state index is 12.4. The van der Waals surface area contributed by atoms with E-state index in [2.05, 4.69) is 26.0 Å². The fourth-order valence-electron chi connectivity index (χ4n) is 4.43. The average molecular weight is 561 g/mol. The van der Waals surface area contributed by atoms with Crippen LogP contribution in [0.4, 0.5) is 0 Å². The Morgan fingerprint density at radius 3 is 2.18 bits per heavy atom. The van der Waals surface area contributed by atoms with Crippen LogP contribution in [0.25, 0.3) is 0 Å². The van der Waals surface area contributed by atoms with E-state index in [1.807, 2.05) is 0 Å². The van der Waals surface area contributed by atoms with Crippen molar-refractivity contribution in [2.75, 3.05) is 26.4 Å². The van der Waals surface area contributed by atoms with E-state index in [0.29, 0.717) is 13.0 Å². The number of unbranched alkanes of at least 4 members (excludes halogenated alkanes) is 11. The molecule has 0 aromatic rings. The van der Waals surface area contributed by atoms with E-state index in [1.54, 1.807) is 0 Å². The maximum absolute atomic E-state index is 12.4. The highest BCUT2D eigenvalue weighted by Gasteiger charge is 2.44. The number of hydrogen-bond acceptors (Lipinski definition) is 9. The molecule has 39 heavy (non-hydrogen) atoms. The Hall–Kier alpha value is -1.07. The van der Waals surface area contributed by atoms with Gasteiger partial charge in [0.1, 0.15) is 30.5 Å². The molecule has 0 bridgehead atoms. The molecule has 9 heteroatoms. The van der Waals surface area contributed by atoms with Crippen LogP contribution in [0.1, 0.15) is 110 Å². The zero-order valence-corrected chi connectivity index (χ0v) is 24.4. The second kappa shape index (κ2) is 23.6. The normalized spacial score (nSPS) is 24.3. The van der Waals surface area contributed by atoms with Crippen molar-refractivity contribution in [2.24, 2.45) is 0 Å². The van der Waals surface area contributed by atoms with Crippen molar-refractivity contribution in [3.63, 3.8) is 0 Å². The lowest BCUT2D eigenvalue weighted by atomic mass is 9.99. The lowest BCUT2D eigenvalue weighted by Gasteiger charge is -2.39. The van der Waals surface area contributed by atoms with Crippen LogP contribution in [0.2, 0.25) is 0 Å². The van der Waals surface area contributed by atoms with E-state index >= 15 is 0 Å². The van der Waals surface area contributed by atoms with Crippen molar-refractivity contribution in [2.45, 2.75) is 147 Å². The number of carbonyl (C=O) groups is 1. The number of rotatable bonds is 24. The predicted octanol–water partition coefficient (Wildman–Crippen LogP) is 4.18. The standard InChI is InChI=1S/C30H56O9/c1-3-5-7-9-10-11-12-13-14-16-18-20-36-22-24(38-26(32)19-17-15-8-6-4-2)23-37-30-29(35)28(34)27(33)25(21-31)39-30/h7,9,24-25,27-31,33-35H,3-6,8,10-23H2,1-2H3/b9-7-. The van der Waals surface area contributed by atoms with Gasteiger partial charge in [-0.1, -0.05) is 83.8 Å². The van der Waals surface area contributed by atoms with Crippen molar-refractivity contribution in [1.82, 2.24) is 0 Å². The van der Waals surface area contributed by atoms with E-state index in [1.165, 1.54) is 38.5 Å². The minimum Gasteiger partial charge on any atom is -0.457 e. The van der Waals surface area contributed by atoms with Gasteiger partial charge in [-0.3, -0.25) is 4.79 Å². The Morgan fingerprint density at radius 1 is 0.795 bits per heavy atom. The molecule has 0 aromatic carbocycles. The number of esters is 1. The van der Waals surface area contributed by atoms with Crippen molar-refractivity contribution in [3.8, 4) is 0 Å². The molecule has 6 unspecified atom stereocenters. The second-order valence-corrected chi connectivity index (χ2v) is 10.6. The largest absolute Gasteiger partial charge is 0.457 e. The minimum absolute atomic E-state index is 0.114. The van der Waals surface area contributed by atoms with Crippen LogP contribution in [-0.4, -0.2) is 89.6 Å². The monoisotopic (exact) mass is 560 g/mol. The number of aliphatic hydroxyl groups excluding tert-OH is 4. The van der Waals surface area contributed by atoms with Crippen LogP contribution >= 0.6 is 0 Å². The Morgan fingerprint density at radius 2 is 1.46 bits per heavy atom. The summed E-state index contributed by atoms with van der Waals surface area (Å²) >= 11 is 0. The number of aliphatic hydroxyl groups is 4. The van der Waals surface area contributed by atoms with Crippen molar-refractivity contribution in [1.29, 1.82) is 0 Å². The summed E-state index contributed by atoms with van der Waals surface area (Å²) in [6, 6.07) is 0. The molecule has 4 N–H and O–H groups in total. The zero-order chi connectivity index (χ0) is 28.7. The molecular formula is C30H56O9. The van der Waals surface area contributed by atoms with Crippen LogP contribution in [0, 0.1) is 0 Å². The van der Waals surface area contributed by atoms with Gasteiger partial charge >= 0.3 is 5.97 Å². The van der Waals surface area contributed by atoms with Crippen LogP contribution < -0.4 is 0 Å². The minimum atomic E-state index is -1.53. The fraction of sp³-hybridized carbons (Fsp3) is 0.900. The molecule has 6 atom stereocenters. The number of allylic oxidation sites excluding steroid dienone is 2. The van der Waals surface area contributed by atoms with E-state index in [4.69, 9.17) is 18.9 Å². The van der Waals surface area contributed by atoms with E-state index in [-0.39, 0.29) is 19.2 Å². The summed E-state index contributed by atoms with van der Waals surface area (Å²) in [5.41, 5.74) is 0. The third-order valence-electron chi connectivity index (χ3n) is 6.91. The first-order valence-corrected chi connectivity index (χ1v) is 15.3. The lowest BCUT2D eigenvalue weighted by molar-refractivity contribution is -0.305. The number of carbonyl (C=O) groups excluding carboxylic acids is 1. The quantitative estimate of drug-likeness (QED) is 0.0779. The van der Waals surface area contributed by atoms with Gasteiger partial charge in [0.2, 0.25) is 0 Å². The molecule has 0 aliphatic carbocycles. The Labute approximate surface area is 235 Å². The second-order valence-electron chi connectivity index (χ2n) is 10.6. The summed E-state index contributed by atoms with van der Waals surface area (Å²) in [6.07, 6.45) is 12.8. The molecule has 1 aliphatic rings. The maximum Gasteiger partial charge on any atom is 0.306 e. The first-order valence-electron chi connectivity index (χ1n) is 15.3. The molecular weight excluding hydrogens is 504 g/mol. The van der Waals surface area contributed by atoms with Gasteiger partial charge in [-0.15, -0.1) is 0 Å². The Kier molecular flexibility index (Phi) is 21.8. The topological polar surface area (TPSA) is 135 Å². The average Bonchev–Trinajstić information content (AvgIpc) is 2.93. The summed E-state index contributed by atoms with van der Waals surface area (Å²) in [5, 5.41) is 39.5. The SMILES string of the molecule is CCC/C=C\CCCCCCCCOCC(COC1OC(CO)C(O)C(O)C1O)OC(=O)CCCCCCC. The molecule has 9 nitrogen and oxygen atoms in total. The molecule has 1 aliphatic heterocycles. The van der Waals surface area contributed by atoms with Gasteiger partial charge in [0.05, 0.1) is 19.8 Å². The van der Waals surface area contributed by atoms with Gasteiger partial charge in [-0.25, -0.2) is 0 Å². The van der Waals surface area contributed by atoms with Crippen LogP contribution in [0.15, 0.2) is 12.2 Å². The zero-order valence-electron chi connectivity index (χ0n) is 24.4. The van der Waals surface area contributed by atoms with Gasteiger partial charge in [-0.05, 0) is 32.1 Å². The fourth-order valence-corrected chi connectivity index (χ4v) is 4.43. The van der Waals surface area contributed by atoms with Gasteiger partial charge in [-0.2, -0.15) is 0 Å². The molecule has 0 radical (unpaired) electrons. The summed E-state index contributed by atoms with van der Waals surface area (Å²) in [5.74, 6) is -0.331. The smallest absolute Gasteiger partial charge is 0.306 e. The first kappa shape index (κ1) is 36.0. The summed E-state index contributed by atoms with van der Waals surface area (Å²) in [7, 11) is 0. The molecule has 0 spiro atoms. The van der Waals surface area contributed by atoms with Gasteiger partial charge in [0, 0.05) is 13.0 Å². The summed E-state index contributed by atoms with van der Waals surface area (Å²) < 4.78 is 22.4. The molecule has 1 heterocycles. The lowest BCUT2D eigenvalue weighted by Crippen LogP contribution is -2.59. The molecule has 230 valence electrons. The highest BCUT2D eigenvalue weighted by molar-refractivity contribution is 5.69. The van der Waals surface area contributed by atoms with Crippen molar-refractivity contribution < 1.29 is 44.2 Å². The van der Waals surface area contributed by atoms with E-state index in [9.17, 15) is 25.2 Å². The molecule has 0 amide bonds. The van der Waals surface area contributed by atoms with E-state index < -0.39 is 43.4 Å². The molecule has 0 aromatic heterocycles. The molecule has 1 saturated heterocycles. The van der Waals surface area contributed by atoms with Crippen LogP contribution in [0.5, 0.6) is 0 Å². The first-order chi connectivity index (χ1) is 18.9. The highest BCUT2D eigenvalue weighted by atomic mass is 16.7. The molecule has 1 rings (SSSR count). The molecule has 0 saturated carbocycles. The third kappa shape index (κ3) is 16.7. The Bertz CT molecular complexity index is 613. The summed E-state index contributed by atoms with van der Waals surface area (Å²) in [4.78, 5) is 12.4. The van der Waals surface area contributed by atoms with E-state index in [0.717, 1.165) is 51.4 Å². The van der Waals surface area contributed by atoms with Crippen molar-refractivity contribution >= 4 is 5.97 Å². The van der Waals surface area contributed by atoms with Crippen LogP contribution in [-0.2, 0) is 23.7 Å². The highest BCUT2D eigenvalue weighted by Crippen LogP contribution is 2.22. The van der Waals surface area contributed by atoms with Crippen LogP contribution in [0.3, 0.4) is 0 Å². The molecule has 1 fully saturated rings. The Balaban J connectivity index is 2.39. The van der Waals surface area contributed by atoms with Gasteiger partial charge in [0.25, 0.3) is 0 Å². The van der Waals surface area contributed by atoms with Gasteiger partial charge < -0.3 is 39.4 Å².